The van der Waals surface area contributed by atoms with E-state index in [2.05, 4.69) is 118 Å². The number of ether oxygens (including phenoxy) is 3. The lowest BCUT2D eigenvalue weighted by atomic mass is 10.1. The summed E-state index contributed by atoms with van der Waals surface area (Å²) in [7, 11) is 0. The highest BCUT2D eigenvalue weighted by Crippen LogP contribution is 2.12. The van der Waals surface area contributed by atoms with Gasteiger partial charge in [0.2, 0.25) is 0 Å². The van der Waals surface area contributed by atoms with E-state index in [0.29, 0.717) is 25.7 Å². The zero-order valence-electron chi connectivity index (χ0n) is 37.3. The molecule has 0 fully saturated rings. The number of hydrogen-bond acceptors (Lipinski definition) is 6. The van der Waals surface area contributed by atoms with E-state index < -0.39 is 6.10 Å². The Balaban J connectivity index is 4.42. The van der Waals surface area contributed by atoms with Crippen molar-refractivity contribution in [2.45, 2.75) is 200 Å². The molecule has 0 aromatic carbocycles. The number of rotatable bonds is 40. The van der Waals surface area contributed by atoms with Crippen molar-refractivity contribution in [3.63, 3.8) is 0 Å². The number of esters is 3. The summed E-state index contributed by atoms with van der Waals surface area (Å²) >= 11 is 0. The smallest absolute Gasteiger partial charge is 0.306 e. The maximum absolute atomic E-state index is 12.7. The molecule has 0 N–H and O–H groups in total. The van der Waals surface area contributed by atoms with Crippen molar-refractivity contribution in [1.29, 1.82) is 0 Å². The second-order valence-electron chi connectivity index (χ2n) is 14.9. The van der Waals surface area contributed by atoms with Crippen molar-refractivity contribution in [3.05, 3.63) is 97.2 Å². The third-order valence-electron chi connectivity index (χ3n) is 9.30. The van der Waals surface area contributed by atoms with Crippen LogP contribution in [0.4, 0.5) is 0 Å². The standard InChI is InChI=1S/C52H84O6/c1-4-7-10-13-16-19-21-23-24-25-26-27-28-29-31-33-36-39-42-45-51(54)57-48-49(47-56-50(53)44-41-38-35-32-18-15-12-9-6-3)58-52(55)46-43-40-37-34-30-22-20-17-14-11-8-5-2/h7-8,10-11,16-17,19-20,23-24,26-27,30,32,34-35,49H,4-6,9,12-15,18,21-22,25,28-29,31,33,36-48H2,1-3H3/b10-7-,11-8-,19-16-,20-17-,24-23-,27-26-,34-30-,35-32-. The number of unbranched alkanes of at least 4 members (excludes halogenated alkanes) is 13. The molecule has 58 heavy (non-hydrogen) atoms. The molecule has 0 aromatic heterocycles. The third-order valence-corrected chi connectivity index (χ3v) is 9.30. The largest absolute Gasteiger partial charge is 0.462 e. The first-order chi connectivity index (χ1) is 28.5. The lowest BCUT2D eigenvalue weighted by Crippen LogP contribution is -2.30. The van der Waals surface area contributed by atoms with E-state index in [4.69, 9.17) is 14.2 Å². The lowest BCUT2D eigenvalue weighted by Gasteiger charge is -2.18. The zero-order chi connectivity index (χ0) is 42.3. The van der Waals surface area contributed by atoms with Crippen molar-refractivity contribution < 1.29 is 28.6 Å². The van der Waals surface area contributed by atoms with Crippen LogP contribution in [0.25, 0.3) is 0 Å². The lowest BCUT2D eigenvalue weighted by molar-refractivity contribution is -0.167. The van der Waals surface area contributed by atoms with Crippen LogP contribution in [0.1, 0.15) is 194 Å². The minimum Gasteiger partial charge on any atom is -0.462 e. The van der Waals surface area contributed by atoms with Crippen LogP contribution in [-0.4, -0.2) is 37.2 Å². The SMILES string of the molecule is CC/C=C\C/C=C\C/C=C\C/C=C\CCCCCCCCC(=O)OCC(COC(=O)CCC/C=C\CCCCCC)OC(=O)CCCC/C=C\C/C=C\C/C=C\CC. The highest BCUT2D eigenvalue weighted by atomic mass is 16.6. The molecule has 0 amide bonds. The van der Waals surface area contributed by atoms with E-state index in [-0.39, 0.29) is 37.5 Å². The molecule has 0 rings (SSSR count). The highest BCUT2D eigenvalue weighted by molar-refractivity contribution is 5.71. The van der Waals surface area contributed by atoms with Crippen LogP contribution in [-0.2, 0) is 28.6 Å². The van der Waals surface area contributed by atoms with Gasteiger partial charge in [0.05, 0.1) is 0 Å². The molecular weight excluding hydrogens is 721 g/mol. The molecular formula is C52H84O6. The molecule has 0 aliphatic rings. The first kappa shape index (κ1) is 54.3. The molecule has 0 saturated carbocycles. The van der Waals surface area contributed by atoms with Gasteiger partial charge in [-0.25, -0.2) is 0 Å². The van der Waals surface area contributed by atoms with Crippen LogP contribution >= 0.6 is 0 Å². The van der Waals surface area contributed by atoms with Gasteiger partial charge >= 0.3 is 17.9 Å². The summed E-state index contributed by atoms with van der Waals surface area (Å²) in [6, 6.07) is 0. The van der Waals surface area contributed by atoms with Gasteiger partial charge in [0.1, 0.15) is 13.2 Å². The molecule has 0 aliphatic heterocycles. The second kappa shape index (κ2) is 46.0. The van der Waals surface area contributed by atoms with Crippen molar-refractivity contribution in [3.8, 4) is 0 Å². The zero-order valence-corrected chi connectivity index (χ0v) is 37.3. The van der Waals surface area contributed by atoms with E-state index in [1.165, 1.54) is 38.5 Å². The van der Waals surface area contributed by atoms with Gasteiger partial charge in [0.15, 0.2) is 6.10 Å². The molecule has 0 aliphatic carbocycles. The Morgan fingerprint density at radius 3 is 1.17 bits per heavy atom. The Kier molecular flexibility index (Phi) is 43.1. The van der Waals surface area contributed by atoms with Crippen LogP contribution < -0.4 is 0 Å². The molecule has 0 bridgehead atoms. The molecule has 0 radical (unpaired) electrons. The maximum atomic E-state index is 12.7. The number of carbonyl (C=O) groups excluding carboxylic acids is 3. The van der Waals surface area contributed by atoms with Crippen LogP contribution in [0.5, 0.6) is 0 Å². The Bertz CT molecular complexity index is 1200. The molecule has 0 saturated heterocycles. The van der Waals surface area contributed by atoms with Crippen LogP contribution in [0.3, 0.4) is 0 Å². The van der Waals surface area contributed by atoms with Gasteiger partial charge in [-0.15, -0.1) is 0 Å². The van der Waals surface area contributed by atoms with E-state index >= 15 is 0 Å². The van der Waals surface area contributed by atoms with Gasteiger partial charge in [0, 0.05) is 19.3 Å². The van der Waals surface area contributed by atoms with Crippen LogP contribution in [0.2, 0.25) is 0 Å². The predicted octanol–water partition coefficient (Wildman–Crippen LogP) is 15.0. The molecule has 328 valence electrons. The third kappa shape index (κ3) is 43.5. The average molecular weight is 805 g/mol. The molecule has 6 nitrogen and oxygen atoms in total. The van der Waals surface area contributed by atoms with Crippen molar-refractivity contribution in [2.24, 2.45) is 0 Å². The fourth-order valence-corrected chi connectivity index (χ4v) is 5.86. The predicted molar refractivity (Wildman–Crippen MR) is 247 cm³/mol. The van der Waals surface area contributed by atoms with Gasteiger partial charge in [-0.2, -0.15) is 0 Å². The summed E-state index contributed by atoms with van der Waals surface area (Å²) in [5.74, 6) is -1.01. The van der Waals surface area contributed by atoms with E-state index in [1.54, 1.807) is 0 Å². The normalized spacial score (nSPS) is 12.9. The summed E-state index contributed by atoms with van der Waals surface area (Å²) in [6.45, 7) is 6.27. The van der Waals surface area contributed by atoms with Crippen LogP contribution in [0, 0.1) is 0 Å². The Labute approximate surface area is 356 Å². The molecule has 0 aromatic rings. The van der Waals surface area contributed by atoms with Crippen molar-refractivity contribution in [1.82, 2.24) is 0 Å². The molecule has 6 heteroatoms. The molecule has 1 atom stereocenters. The summed E-state index contributed by atoms with van der Waals surface area (Å²) < 4.78 is 16.6. The monoisotopic (exact) mass is 805 g/mol. The fourth-order valence-electron chi connectivity index (χ4n) is 5.86. The Morgan fingerprint density at radius 2 is 0.690 bits per heavy atom. The average Bonchev–Trinajstić information content (AvgIpc) is 3.22. The minimum absolute atomic E-state index is 0.111. The molecule has 1 unspecified atom stereocenters. The molecule has 0 spiro atoms. The Morgan fingerprint density at radius 1 is 0.362 bits per heavy atom. The van der Waals surface area contributed by atoms with Gasteiger partial charge in [-0.3, -0.25) is 14.4 Å². The first-order valence-corrected chi connectivity index (χ1v) is 23.2. The van der Waals surface area contributed by atoms with Crippen molar-refractivity contribution >= 4 is 17.9 Å². The second-order valence-corrected chi connectivity index (χ2v) is 14.9. The van der Waals surface area contributed by atoms with Crippen molar-refractivity contribution in [2.75, 3.05) is 13.2 Å². The van der Waals surface area contributed by atoms with Gasteiger partial charge in [0.25, 0.3) is 0 Å². The number of hydrogen-bond donors (Lipinski definition) is 0. The summed E-state index contributed by atoms with van der Waals surface area (Å²) in [6.07, 6.45) is 59.8. The Hall–Kier alpha value is -3.67. The molecule has 0 heterocycles. The van der Waals surface area contributed by atoms with E-state index in [9.17, 15) is 14.4 Å². The van der Waals surface area contributed by atoms with Gasteiger partial charge in [-0.05, 0) is 109 Å². The maximum Gasteiger partial charge on any atom is 0.306 e. The quantitative estimate of drug-likeness (QED) is 0.0266. The summed E-state index contributed by atoms with van der Waals surface area (Å²) in [5, 5.41) is 0. The summed E-state index contributed by atoms with van der Waals surface area (Å²) in [4.78, 5) is 37.7. The topological polar surface area (TPSA) is 78.9 Å². The number of carbonyl (C=O) groups is 3. The number of allylic oxidation sites excluding steroid dienone is 16. The van der Waals surface area contributed by atoms with E-state index in [1.807, 2.05) is 0 Å². The minimum atomic E-state index is -0.813. The fraction of sp³-hybridized carbons (Fsp3) is 0.635. The van der Waals surface area contributed by atoms with Gasteiger partial charge in [-0.1, -0.05) is 163 Å². The summed E-state index contributed by atoms with van der Waals surface area (Å²) in [5.41, 5.74) is 0. The first-order valence-electron chi connectivity index (χ1n) is 23.2. The van der Waals surface area contributed by atoms with Gasteiger partial charge < -0.3 is 14.2 Å². The highest BCUT2D eigenvalue weighted by Gasteiger charge is 2.19. The van der Waals surface area contributed by atoms with E-state index in [0.717, 1.165) is 103 Å². The van der Waals surface area contributed by atoms with Crippen LogP contribution in [0.15, 0.2) is 97.2 Å².